The molecule has 0 bridgehead atoms. The third kappa shape index (κ3) is 5.52. The monoisotopic (exact) mass is 600 g/mol. The molecule has 232 valence electrons. The normalized spacial score (nSPS) is 17.2. The Bertz CT molecular complexity index is 1610. The highest BCUT2D eigenvalue weighted by Gasteiger charge is 2.41. The van der Waals surface area contributed by atoms with Crippen LogP contribution in [0.4, 0.5) is 0 Å². The number of fused-ring (bicyclic) bond motifs is 1. The van der Waals surface area contributed by atoms with Crippen molar-refractivity contribution < 1.29 is 37.9 Å². The van der Waals surface area contributed by atoms with E-state index < -0.39 is 0 Å². The van der Waals surface area contributed by atoms with Crippen molar-refractivity contribution in [2.24, 2.45) is 0 Å². The van der Waals surface area contributed by atoms with E-state index in [4.69, 9.17) is 37.9 Å². The second-order valence-corrected chi connectivity index (χ2v) is 10.6. The lowest BCUT2D eigenvalue weighted by atomic mass is 9.62. The van der Waals surface area contributed by atoms with E-state index in [-0.39, 0.29) is 17.8 Å². The summed E-state index contributed by atoms with van der Waals surface area (Å²) in [4.78, 5) is 0. The zero-order chi connectivity index (χ0) is 31.4. The van der Waals surface area contributed by atoms with Crippen LogP contribution in [0.5, 0.6) is 46.0 Å². The predicted molar refractivity (Wildman–Crippen MR) is 169 cm³/mol. The van der Waals surface area contributed by atoms with Gasteiger partial charge in [-0.15, -0.1) is 0 Å². The summed E-state index contributed by atoms with van der Waals surface area (Å²) >= 11 is 0. The maximum Gasteiger partial charge on any atom is 0.161 e. The van der Waals surface area contributed by atoms with E-state index in [1.165, 1.54) is 5.56 Å². The van der Waals surface area contributed by atoms with E-state index in [0.717, 1.165) is 28.7 Å². The van der Waals surface area contributed by atoms with Gasteiger partial charge in [-0.3, -0.25) is 0 Å². The molecule has 0 fully saturated rings. The highest BCUT2D eigenvalue weighted by molar-refractivity contribution is 5.59. The first kappa shape index (κ1) is 30.7. The minimum atomic E-state index is -0.116. The summed E-state index contributed by atoms with van der Waals surface area (Å²) < 4.78 is 45.7. The van der Waals surface area contributed by atoms with Crippen molar-refractivity contribution in [3.63, 3.8) is 0 Å². The lowest BCUT2D eigenvalue weighted by Gasteiger charge is -2.41. The molecule has 0 aromatic heterocycles. The molecular formula is C36H40O8. The van der Waals surface area contributed by atoms with Gasteiger partial charge in [0, 0.05) is 11.8 Å². The first-order chi connectivity index (χ1) is 21.4. The number of methoxy groups -OCH3 is 8. The molecule has 0 aliphatic heterocycles. The largest absolute Gasteiger partial charge is 0.493 e. The maximum atomic E-state index is 5.81. The van der Waals surface area contributed by atoms with Crippen molar-refractivity contribution in [1.82, 2.24) is 0 Å². The van der Waals surface area contributed by atoms with Crippen LogP contribution in [0.3, 0.4) is 0 Å². The van der Waals surface area contributed by atoms with E-state index >= 15 is 0 Å². The SMILES string of the molecule is COc1ccc([C@@H]2c3cc(OC)c(OC)cc3C[C@H](c3ccc(OC)c(OC)c3)[C@H]2c2ccc(OC)c(OC)c2)cc1OC. The third-order valence-electron chi connectivity index (χ3n) is 8.61. The molecule has 4 aromatic carbocycles. The van der Waals surface area contributed by atoms with Crippen LogP contribution in [0.2, 0.25) is 0 Å². The summed E-state index contributed by atoms with van der Waals surface area (Å²) in [7, 11) is 13.2. The Hall–Kier alpha value is -4.72. The Morgan fingerprint density at radius 2 is 0.795 bits per heavy atom. The molecule has 0 amide bonds. The van der Waals surface area contributed by atoms with Crippen molar-refractivity contribution in [3.05, 3.63) is 94.5 Å². The van der Waals surface area contributed by atoms with Gasteiger partial charge in [-0.2, -0.15) is 0 Å². The van der Waals surface area contributed by atoms with Crippen molar-refractivity contribution in [3.8, 4) is 46.0 Å². The predicted octanol–water partition coefficient (Wildman–Crippen LogP) is 7.01. The average Bonchev–Trinajstić information content (AvgIpc) is 3.08. The minimum Gasteiger partial charge on any atom is -0.493 e. The molecule has 3 atom stereocenters. The molecule has 0 radical (unpaired) electrons. The molecule has 0 N–H and O–H groups in total. The van der Waals surface area contributed by atoms with Gasteiger partial charge in [0.1, 0.15) is 0 Å². The number of rotatable bonds is 11. The molecular weight excluding hydrogens is 560 g/mol. The summed E-state index contributed by atoms with van der Waals surface area (Å²) in [5.41, 5.74) is 5.60. The highest BCUT2D eigenvalue weighted by Crippen LogP contribution is 2.56. The molecule has 44 heavy (non-hydrogen) atoms. The van der Waals surface area contributed by atoms with Gasteiger partial charge in [-0.1, -0.05) is 18.2 Å². The van der Waals surface area contributed by atoms with E-state index in [1.807, 2.05) is 18.2 Å². The Morgan fingerprint density at radius 1 is 0.409 bits per heavy atom. The van der Waals surface area contributed by atoms with Crippen molar-refractivity contribution in [2.75, 3.05) is 56.9 Å². The Kier molecular flexibility index (Phi) is 9.28. The minimum absolute atomic E-state index is 0.0246. The van der Waals surface area contributed by atoms with Gasteiger partial charge in [-0.25, -0.2) is 0 Å². The number of ether oxygens (including phenoxy) is 8. The average molecular weight is 601 g/mol. The third-order valence-corrected chi connectivity index (χ3v) is 8.61. The lowest BCUT2D eigenvalue weighted by molar-refractivity contribution is 0.347. The van der Waals surface area contributed by atoms with Crippen LogP contribution in [-0.4, -0.2) is 56.9 Å². The molecule has 8 nitrogen and oxygen atoms in total. The van der Waals surface area contributed by atoms with Crippen LogP contribution in [0.15, 0.2) is 66.7 Å². The maximum absolute atomic E-state index is 5.81. The molecule has 0 saturated heterocycles. The number of benzene rings is 4. The van der Waals surface area contributed by atoms with E-state index in [1.54, 1.807) is 56.9 Å². The fraction of sp³-hybridized carbons (Fsp3) is 0.333. The summed E-state index contributed by atoms with van der Waals surface area (Å²) in [6, 6.07) is 22.7. The highest BCUT2D eigenvalue weighted by atomic mass is 16.5. The topological polar surface area (TPSA) is 73.8 Å². The molecule has 1 aliphatic rings. The lowest BCUT2D eigenvalue weighted by Crippen LogP contribution is -2.28. The van der Waals surface area contributed by atoms with E-state index in [0.29, 0.717) is 46.0 Å². The second kappa shape index (κ2) is 13.3. The van der Waals surface area contributed by atoms with Crippen molar-refractivity contribution in [1.29, 1.82) is 0 Å². The Labute approximate surface area is 259 Å². The molecule has 4 aromatic rings. The second-order valence-electron chi connectivity index (χ2n) is 10.6. The number of hydrogen-bond acceptors (Lipinski definition) is 8. The first-order valence-corrected chi connectivity index (χ1v) is 14.4. The summed E-state index contributed by atoms with van der Waals surface area (Å²) in [5, 5.41) is 0. The summed E-state index contributed by atoms with van der Waals surface area (Å²) in [6.07, 6.45) is 0.744. The van der Waals surface area contributed by atoms with Gasteiger partial charge in [-0.05, 0) is 88.7 Å². The fourth-order valence-corrected chi connectivity index (χ4v) is 6.52. The first-order valence-electron chi connectivity index (χ1n) is 14.4. The molecule has 0 unspecified atom stereocenters. The molecule has 1 aliphatic carbocycles. The van der Waals surface area contributed by atoms with E-state index in [9.17, 15) is 0 Å². The van der Waals surface area contributed by atoms with Crippen LogP contribution in [0, 0.1) is 0 Å². The quantitative estimate of drug-likeness (QED) is 0.182. The van der Waals surface area contributed by atoms with Crippen LogP contribution < -0.4 is 37.9 Å². The Balaban J connectivity index is 1.84. The van der Waals surface area contributed by atoms with Gasteiger partial charge >= 0.3 is 0 Å². The molecule has 0 saturated carbocycles. The standard InChI is InChI=1S/C36H40O8/c1-37-27-12-9-21(16-30(27)40-4)25-15-24-19-33(43-7)34(44-8)20-26(24)36(23-11-14-29(39-3)32(18-23)42-6)35(25)22-10-13-28(38-2)31(17-22)41-5/h9-14,16-20,25,35-36H,15H2,1-8H3/t25-,35-,36-/m1/s1. The van der Waals surface area contributed by atoms with Gasteiger partial charge < -0.3 is 37.9 Å². The van der Waals surface area contributed by atoms with Crippen molar-refractivity contribution in [2.45, 2.75) is 24.2 Å². The zero-order valence-electron chi connectivity index (χ0n) is 26.6. The fourth-order valence-electron chi connectivity index (χ4n) is 6.52. The zero-order valence-corrected chi connectivity index (χ0v) is 26.6. The summed E-state index contributed by atoms with van der Waals surface area (Å²) in [5.74, 6) is 5.24. The van der Waals surface area contributed by atoms with Crippen LogP contribution in [0.1, 0.15) is 45.6 Å². The van der Waals surface area contributed by atoms with Crippen molar-refractivity contribution >= 4 is 0 Å². The van der Waals surface area contributed by atoms with Gasteiger partial charge in [0.2, 0.25) is 0 Å². The molecule has 5 rings (SSSR count). The van der Waals surface area contributed by atoms with Crippen LogP contribution >= 0.6 is 0 Å². The van der Waals surface area contributed by atoms with Crippen LogP contribution in [0.25, 0.3) is 0 Å². The van der Waals surface area contributed by atoms with Gasteiger partial charge in [0.25, 0.3) is 0 Å². The molecule has 8 heteroatoms. The smallest absolute Gasteiger partial charge is 0.161 e. The summed E-state index contributed by atoms with van der Waals surface area (Å²) in [6.45, 7) is 0. The Morgan fingerprint density at radius 3 is 1.30 bits per heavy atom. The van der Waals surface area contributed by atoms with Crippen LogP contribution in [-0.2, 0) is 6.42 Å². The van der Waals surface area contributed by atoms with Gasteiger partial charge in [0.05, 0.1) is 56.9 Å². The molecule has 0 spiro atoms. The van der Waals surface area contributed by atoms with Gasteiger partial charge in [0.15, 0.2) is 46.0 Å². The van der Waals surface area contributed by atoms with E-state index in [2.05, 4.69) is 48.5 Å². The molecule has 0 heterocycles. The number of hydrogen-bond donors (Lipinski definition) is 0.